The maximum atomic E-state index is 11.8. The second-order valence-corrected chi connectivity index (χ2v) is 2.87. The molecule has 0 aliphatic rings. The van der Waals surface area contributed by atoms with Gasteiger partial charge in [-0.05, 0) is 6.07 Å². The molecule has 0 aromatic carbocycles. The zero-order chi connectivity index (χ0) is 10.8. The Kier molecular flexibility index (Phi) is 2.09. The van der Waals surface area contributed by atoms with Gasteiger partial charge in [-0.3, -0.25) is 9.59 Å². The Morgan fingerprint density at radius 1 is 1.47 bits per heavy atom. The number of hydrogen-bond acceptors (Lipinski definition) is 4. The molecule has 0 aliphatic heterocycles. The molecule has 0 fully saturated rings. The Balaban J connectivity index is 2.42. The maximum Gasteiger partial charge on any atom is 0.265 e. The van der Waals surface area contributed by atoms with Crippen molar-refractivity contribution in [3.05, 3.63) is 41.5 Å². The number of carbonyl (C=O) groups is 2. The van der Waals surface area contributed by atoms with Gasteiger partial charge in [0.25, 0.3) is 5.91 Å². The van der Waals surface area contributed by atoms with Gasteiger partial charge in [-0.25, -0.2) is 0 Å². The molecular weight excluding hydrogens is 198 g/mol. The number of carbonyl (C=O) groups excluding carboxylic acids is 2. The average molecular weight is 205 g/mol. The van der Waals surface area contributed by atoms with Crippen LogP contribution in [0.3, 0.4) is 0 Å². The van der Waals surface area contributed by atoms with Crippen LogP contribution in [-0.2, 0) is 0 Å². The summed E-state index contributed by atoms with van der Waals surface area (Å²) in [5, 5.41) is 3.41. The van der Waals surface area contributed by atoms with Gasteiger partial charge in [0, 0.05) is 6.20 Å². The lowest BCUT2D eigenvalue weighted by molar-refractivity contribution is 0.0977. The number of H-pyrrole nitrogens is 1. The zero-order valence-corrected chi connectivity index (χ0v) is 7.56. The lowest BCUT2D eigenvalue weighted by Crippen LogP contribution is -2.16. The smallest absolute Gasteiger partial charge is 0.265 e. The predicted octanol–water partition coefficient (Wildman–Crippen LogP) is 0.333. The van der Waals surface area contributed by atoms with Crippen molar-refractivity contribution in [3.8, 4) is 0 Å². The molecule has 0 bridgehead atoms. The van der Waals surface area contributed by atoms with Crippen LogP contribution in [0.15, 0.2) is 29.2 Å². The standard InChI is InChI=1S/C9H7N3O3/c10-9(14)7-6(1-2-11-7)8(13)5-3-12-15-4-5/h1-4,11H,(H2,10,14). The highest BCUT2D eigenvalue weighted by atomic mass is 16.5. The van der Waals surface area contributed by atoms with Gasteiger partial charge in [-0.1, -0.05) is 5.16 Å². The largest absolute Gasteiger partial charge is 0.364 e. The molecule has 0 unspecified atom stereocenters. The molecule has 6 heteroatoms. The number of nitrogens with one attached hydrogen (secondary N) is 1. The summed E-state index contributed by atoms with van der Waals surface area (Å²) in [5.74, 6) is -1.04. The van der Waals surface area contributed by atoms with E-state index in [4.69, 9.17) is 5.73 Å². The molecular formula is C9H7N3O3. The molecule has 2 rings (SSSR count). The summed E-state index contributed by atoms with van der Waals surface area (Å²) in [5.41, 5.74) is 5.66. The van der Waals surface area contributed by atoms with E-state index in [0.717, 1.165) is 0 Å². The summed E-state index contributed by atoms with van der Waals surface area (Å²) in [7, 11) is 0. The van der Waals surface area contributed by atoms with Crippen LogP contribution in [0.2, 0.25) is 0 Å². The van der Waals surface area contributed by atoms with Gasteiger partial charge in [-0.2, -0.15) is 0 Å². The highest BCUT2D eigenvalue weighted by Gasteiger charge is 2.18. The summed E-state index contributed by atoms with van der Waals surface area (Å²) in [6, 6.07) is 1.48. The van der Waals surface area contributed by atoms with E-state index in [0.29, 0.717) is 0 Å². The number of aromatic nitrogens is 2. The normalized spacial score (nSPS) is 10.1. The number of aromatic amines is 1. The SMILES string of the molecule is NC(=O)c1[nH]ccc1C(=O)c1cnoc1. The molecule has 0 saturated carbocycles. The fourth-order valence-corrected chi connectivity index (χ4v) is 1.23. The summed E-state index contributed by atoms with van der Waals surface area (Å²) >= 11 is 0. The van der Waals surface area contributed by atoms with Gasteiger partial charge in [-0.15, -0.1) is 0 Å². The number of primary amides is 1. The van der Waals surface area contributed by atoms with Crippen LogP contribution in [0, 0.1) is 0 Å². The minimum Gasteiger partial charge on any atom is -0.364 e. The van der Waals surface area contributed by atoms with Crippen LogP contribution in [0.5, 0.6) is 0 Å². The number of ketones is 1. The summed E-state index contributed by atoms with van der Waals surface area (Å²) in [4.78, 5) is 25.3. The van der Waals surface area contributed by atoms with E-state index in [1.807, 2.05) is 0 Å². The van der Waals surface area contributed by atoms with Crippen molar-refractivity contribution in [3.63, 3.8) is 0 Å². The minimum absolute atomic E-state index is 0.0844. The molecule has 0 atom stereocenters. The second-order valence-electron chi connectivity index (χ2n) is 2.87. The van der Waals surface area contributed by atoms with Crippen molar-refractivity contribution >= 4 is 11.7 Å². The highest BCUT2D eigenvalue weighted by molar-refractivity contribution is 6.14. The minimum atomic E-state index is -0.681. The van der Waals surface area contributed by atoms with Crippen molar-refractivity contribution in [2.24, 2.45) is 5.73 Å². The van der Waals surface area contributed by atoms with Crippen LogP contribution in [-0.4, -0.2) is 21.8 Å². The zero-order valence-electron chi connectivity index (χ0n) is 7.56. The van der Waals surface area contributed by atoms with Gasteiger partial charge in [0.15, 0.2) is 5.78 Å². The number of amides is 1. The van der Waals surface area contributed by atoms with Crippen molar-refractivity contribution in [1.82, 2.24) is 10.1 Å². The molecule has 2 aromatic rings. The van der Waals surface area contributed by atoms with Gasteiger partial charge in [0.05, 0.1) is 17.3 Å². The topological polar surface area (TPSA) is 102 Å². The van der Waals surface area contributed by atoms with Crippen molar-refractivity contribution in [2.45, 2.75) is 0 Å². The lowest BCUT2D eigenvalue weighted by atomic mass is 10.1. The number of rotatable bonds is 3. The predicted molar refractivity (Wildman–Crippen MR) is 49.2 cm³/mol. The van der Waals surface area contributed by atoms with E-state index in [9.17, 15) is 9.59 Å². The fourth-order valence-electron chi connectivity index (χ4n) is 1.23. The van der Waals surface area contributed by atoms with Crippen molar-refractivity contribution in [2.75, 3.05) is 0 Å². The van der Waals surface area contributed by atoms with Gasteiger partial charge >= 0.3 is 0 Å². The number of nitrogens with two attached hydrogens (primary N) is 1. The molecule has 3 N–H and O–H groups in total. The van der Waals surface area contributed by atoms with Gasteiger partial charge in [0.1, 0.15) is 12.0 Å². The Hall–Kier alpha value is -2.37. The summed E-state index contributed by atoms with van der Waals surface area (Å²) < 4.78 is 4.54. The molecule has 0 aliphatic carbocycles. The van der Waals surface area contributed by atoms with E-state index in [-0.39, 0.29) is 22.6 Å². The second kappa shape index (κ2) is 3.41. The summed E-state index contributed by atoms with van der Waals surface area (Å²) in [6.07, 6.45) is 3.96. The Morgan fingerprint density at radius 3 is 2.87 bits per heavy atom. The van der Waals surface area contributed by atoms with E-state index >= 15 is 0 Å². The van der Waals surface area contributed by atoms with E-state index < -0.39 is 5.91 Å². The fraction of sp³-hybridized carbons (Fsp3) is 0. The monoisotopic (exact) mass is 205 g/mol. The molecule has 2 aromatic heterocycles. The first-order valence-corrected chi connectivity index (χ1v) is 4.11. The molecule has 1 amide bonds. The Labute approximate surface area is 84.1 Å². The molecule has 0 saturated heterocycles. The first-order chi connectivity index (χ1) is 7.20. The Morgan fingerprint density at radius 2 is 2.27 bits per heavy atom. The van der Waals surface area contributed by atoms with Crippen LogP contribution in [0.4, 0.5) is 0 Å². The van der Waals surface area contributed by atoms with Gasteiger partial charge in [0.2, 0.25) is 0 Å². The average Bonchev–Trinajstić information content (AvgIpc) is 2.88. The first-order valence-electron chi connectivity index (χ1n) is 4.11. The van der Waals surface area contributed by atoms with Crippen LogP contribution < -0.4 is 5.73 Å². The molecule has 0 radical (unpaired) electrons. The molecule has 2 heterocycles. The lowest BCUT2D eigenvalue weighted by Gasteiger charge is -1.96. The third-order valence-corrected chi connectivity index (χ3v) is 1.93. The highest BCUT2D eigenvalue weighted by Crippen LogP contribution is 2.12. The van der Waals surface area contributed by atoms with Crippen molar-refractivity contribution < 1.29 is 14.1 Å². The van der Waals surface area contributed by atoms with E-state index in [1.165, 1.54) is 24.7 Å². The number of nitrogens with zero attached hydrogens (tertiary/aromatic N) is 1. The molecule has 15 heavy (non-hydrogen) atoms. The first kappa shape index (κ1) is 9.20. The summed E-state index contributed by atoms with van der Waals surface area (Å²) in [6.45, 7) is 0. The van der Waals surface area contributed by atoms with Crippen LogP contribution in [0.1, 0.15) is 26.4 Å². The molecule has 6 nitrogen and oxygen atoms in total. The van der Waals surface area contributed by atoms with Crippen molar-refractivity contribution in [1.29, 1.82) is 0 Å². The quantitative estimate of drug-likeness (QED) is 0.705. The van der Waals surface area contributed by atoms with Crippen LogP contribution in [0.25, 0.3) is 0 Å². The molecule has 76 valence electrons. The molecule has 0 spiro atoms. The van der Waals surface area contributed by atoms with E-state index in [2.05, 4.69) is 14.7 Å². The Bertz CT molecular complexity index is 498. The van der Waals surface area contributed by atoms with Crippen LogP contribution >= 0.6 is 0 Å². The third-order valence-electron chi connectivity index (χ3n) is 1.93. The van der Waals surface area contributed by atoms with Gasteiger partial charge < -0.3 is 15.2 Å². The third kappa shape index (κ3) is 1.52. The van der Waals surface area contributed by atoms with E-state index in [1.54, 1.807) is 0 Å². The number of hydrogen-bond donors (Lipinski definition) is 2. The maximum absolute atomic E-state index is 11.8.